The van der Waals surface area contributed by atoms with Crippen LogP contribution in [0, 0.1) is 0 Å². The van der Waals surface area contributed by atoms with E-state index in [1.165, 1.54) is 0 Å². The van der Waals surface area contributed by atoms with Gasteiger partial charge in [0.1, 0.15) is 0 Å². The van der Waals surface area contributed by atoms with Gasteiger partial charge in [-0.25, -0.2) is 0 Å². The number of nitrogens with one attached hydrogen (secondary N) is 2. The molecular weight excluding hydrogens is 419 g/mol. The minimum atomic E-state index is 0. The minimum Gasteiger partial charge on any atom is -0.379 e. The fraction of sp³-hybridized carbons (Fsp3) is 0.750. The van der Waals surface area contributed by atoms with Crippen molar-refractivity contribution in [3.05, 3.63) is 18.5 Å². The number of hydrogen-bond donors (Lipinski definition) is 2. The maximum absolute atomic E-state index is 5.40. The third-order valence-corrected chi connectivity index (χ3v) is 3.94. The summed E-state index contributed by atoms with van der Waals surface area (Å²) in [7, 11) is 0. The highest BCUT2D eigenvalue weighted by Gasteiger charge is 2.16. The number of halogens is 1. The van der Waals surface area contributed by atoms with Crippen LogP contribution in [-0.2, 0) is 11.3 Å². The van der Waals surface area contributed by atoms with Crippen LogP contribution in [-0.4, -0.2) is 72.6 Å². The number of guanidine groups is 1. The molecular formula is C16H31IN6O. The van der Waals surface area contributed by atoms with E-state index in [-0.39, 0.29) is 24.0 Å². The largest absolute Gasteiger partial charge is 0.379 e. The summed E-state index contributed by atoms with van der Waals surface area (Å²) in [5, 5.41) is 10.9. The lowest BCUT2D eigenvalue weighted by Crippen LogP contribution is -2.44. The van der Waals surface area contributed by atoms with Crippen molar-refractivity contribution in [2.45, 2.75) is 32.9 Å². The summed E-state index contributed by atoms with van der Waals surface area (Å²) in [6, 6.07) is 2.39. The lowest BCUT2D eigenvalue weighted by atomic mass is 10.2. The molecule has 0 radical (unpaired) electrons. The second-order valence-electron chi connectivity index (χ2n) is 5.77. The lowest BCUT2D eigenvalue weighted by Gasteiger charge is -2.31. The van der Waals surface area contributed by atoms with Gasteiger partial charge in [0.15, 0.2) is 5.96 Å². The summed E-state index contributed by atoms with van der Waals surface area (Å²) in [4.78, 5) is 7.15. The van der Waals surface area contributed by atoms with Crippen LogP contribution in [0.1, 0.15) is 20.3 Å². The van der Waals surface area contributed by atoms with Gasteiger partial charge in [0.25, 0.3) is 0 Å². The smallest absolute Gasteiger partial charge is 0.191 e. The molecule has 138 valence electrons. The molecule has 7 nitrogen and oxygen atoms in total. The molecule has 1 aromatic heterocycles. The Morgan fingerprint density at radius 2 is 2.12 bits per heavy atom. The topological polar surface area (TPSA) is 66.7 Å². The van der Waals surface area contributed by atoms with Crippen LogP contribution in [0.2, 0.25) is 0 Å². The molecule has 1 aliphatic rings. The molecule has 2 N–H and O–H groups in total. The van der Waals surface area contributed by atoms with Crippen molar-refractivity contribution in [3.63, 3.8) is 0 Å². The predicted molar refractivity (Wildman–Crippen MR) is 108 cm³/mol. The number of rotatable bonds is 8. The van der Waals surface area contributed by atoms with Gasteiger partial charge in [0, 0.05) is 51.2 Å². The zero-order valence-electron chi connectivity index (χ0n) is 14.8. The molecule has 2 heterocycles. The number of aryl methyl sites for hydroxylation is 1. The van der Waals surface area contributed by atoms with E-state index < -0.39 is 0 Å². The van der Waals surface area contributed by atoms with Gasteiger partial charge < -0.3 is 15.4 Å². The van der Waals surface area contributed by atoms with E-state index >= 15 is 0 Å². The van der Waals surface area contributed by atoms with Crippen molar-refractivity contribution in [2.24, 2.45) is 4.99 Å². The Morgan fingerprint density at radius 3 is 2.79 bits per heavy atom. The van der Waals surface area contributed by atoms with Crippen LogP contribution in [0.4, 0.5) is 0 Å². The van der Waals surface area contributed by atoms with E-state index in [1.54, 1.807) is 0 Å². The van der Waals surface area contributed by atoms with Crippen molar-refractivity contribution >= 4 is 29.9 Å². The number of nitrogens with zero attached hydrogens (tertiary/aromatic N) is 4. The highest BCUT2D eigenvalue weighted by Crippen LogP contribution is 2.03. The van der Waals surface area contributed by atoms with Gasteiger partial charge >= 0.3 is 0 Å². The Labute approximate surface area is 162 Å². The summed E-state index contributed by atoms with van der Waals surface area (Å²) in [6.07, 6.45) is 4.82. The molecule has 24 heavy (non-hydrogen) atoms. The molecule has 1 unspecified atom stereocenters. The van der Waals surface area contributed by atoms with Crippen molar-refractivity contribution in [1.82, 2.24) is 25.3 Å². The predicted octanol–water partition coefficient (Wildman–Crippen LogP) is 1.17. The molecule has 1 aromatic rings. The number of morpholine rings is 1. The van der Waals surface area contributed by atoms with Crippen LogP contribution in [0.25, 0.3) is 0 Å². The van der Waals surface area contributed by atoms with Crippen molar-refractivity contribution in [1.29, 1.82) is 0 Å². The average Bonchev–Trinajstić information content (AvgIpc) is 3.10. The van der Waals surface area contributed by atoms with Gasteiger partial charge in [-0.05, 0) is 26.3 Å². The van der Waals surface area contributed by atoms with Crippen LogP contribution in [0.3, 0.4) is 0 Å². The quantitative estimate of drug-likeness (QED) is 0.270. The Bertz CT molecular complexity index is 447. The molecule has 0 aromatic carbocycles. The van der Waals surface area contributed by atoms with Crippen molar-refractivity contribution in [2.75, 3.05) is 45.9 Å². The van der Waals surface area contributed by atoms with Gasteiger partial charge in [-0.3, -0.25) is 14.6 Å². The summed E-state index contributed by atoms with van der Waals surface area (Å²) in [5.74, 6) is 0.896. The minimum absolute atomic E-state index is 0. The first-order valence-electron chi connectivity index (χ1n) is 8.61. The maximum Gasteiger partial charge on any atom is 0.191 e. The van der Waals surface area contributed by atoms with Gasteiger partial charge in [-0.1, -0.05) is 0 Å². The van der Waals surface area contributed by atoms with Gasteiger partial charge in [0.2, 0.25) is 0 Å². The lowest BCUT2D eigenvalue weighted by molar-refractivity contribution is 0.0220. The van der Waals surface area contributed by atoms with Crippen LogP contribution < -0.4 is 10.6 Å². The fourth-order valence-electron chi connectivity index (χ4n) is 2.58. The fourth-order valence-corrected chi connectivity index (χ4v) is 2.58. The Hall–Kier alpha value is -0.870. The zero-order valence-corrected chi connectivity index (χ0v) is 17.1. The van der Waals surface area contributed by atoms with E-state index in [9.17, 15) is 0 Å². The third-order valence-electron chi connectivity index (χ3n) is 3.94. The summed E-state index contributed by atoms with van der Waals surface area (Å²) in [5.41, 5.74) is 0. The summed E-state index contributed by atoms with van der Waals surface area (Å²) in [6.45, 7) is 11.5. The molecule has 0 aliphatic carbocycles. The molecule has 0 amide bonds. The Morgan fingerprint density at radius 1 is 1.33 bits per heavy atom. The molecule has 1 saturated heterocycles. The zero-order chi connectivity index (χ0) is 16.3. The number of aromatic nitrogens is 2. The average molecular weight is 450 g/mol. The molecule has 0 spiro atoms. The number of aliphatic imine (C=N–C) groups is 1. The molecule has 1 aliphatic heterocycles. The molecule has 2 rings (SSSR count). The first kappa shape index (κ1) is 21.2. The summed E-state index contributed by atoms with van der Waals surface area (Å²) >= 11 is 0. The Kier molecular flexibility index (Phi) is 11.0. The van der Waals surface area contributed by atoms with E-state index in [0.717, 1.165) is 64.9 Å². The first-order chi connectivity index (χ1) is 11.3. The van der Waals surface area contributed by atoms with Crippen molar-refractivity contribution < 1.29 is 4.74 Å². The van der Waals surface area contributed by atoms with Gasteiger partial charge in [0.05, 0.1) is 19.8 Å². The third kappa shape index (κ3) is 7.80. The van der Waals surface area contributed by atoms with Crippen LogP contribution in [0.5, 0.6) is 0 Å². The van der Waals surface area contributed by atoms with Crippen molar-refractivity contribution in [3.8, 4) is 0 Å². The second-order valence-corrected chi connectivity index (χ2v) is 5.77. The number of ether oxygens (including phenoxy) is 1. The maximum atomic E-state index is 5.40. The van der Waals surface area contributed by atoms with E-state index in [1.807, 2.05) is 23.1 Å². The number of hydrogen-bond acceptors (Lipinski definition) is 4. The molecule has 1 atom stereocenters. The van der Waals surface area contributed by atoms with Gasteiger partial charge in [-0.2, -0.15) is 5.10 Å². The molecule has 8 heteroatoms. The van der Waals surface area contributed by atoms with E-state index in [0.29, 0.717) is 6.04 Å². The monoisotopic (exact) mass is 450 g/mol. The molecule has 1 fully saturated rings. The Balaban J connectivity index is 0.00000288. The molecule has 0 saturated carbocycles. The van der Waals surface area contributed by atoms with E-state index in [2.05, 4.69) is 34.5 Å². The van der Waals surface area contributed by atoms with Crippen LogP contribution >= 0.6 is 24.0 Å². The first-order valence-corrected chi connectivity index (χ1v) is 8.61. The highest BCUT2D eigenvalue weighted by molar-refractivity contribution is 14.0. The van der Waals surface area contributed by atoms with Gasteiger partial charge in [-0.15, -0.1) is 24.0 Å². The normalized spacial score (nSPS) is 17.2. The standard InChI is InChI=1S/C16H30N6O.HI/c1-3-17-16(18-6-4-8-22-9-5-7-20-22)19-14-15(2)21-10-12-23-13-11-21;/h5,7,9,15H,3-4,6,8,10-14H2,1-2H3,(H2,17,18,19);1H. The van der Waals surface area contributed by atoms with E-state index in [4.69, 9.17) is 9.73 Å². The SMILES string of the molecule is CCNC(=NCC(C)N1CCOCC1)NCCCn1cccn1.I. The highest BCUT2D eigenvalue weighted by atomic mass is 127. The molecule has 0 bridgehead atoms. The summed E-state index contributed by atoms with van der Waals surface area (Å²) < 4.78 is 7.35. The van der Waals surface area contributed by atoms with Crippen LogP contribution in [0.15, 0.2) is 23.5 Å². The second kappa shape index (κ2) is 12.5.